The van der Waals surface area contributed by atoms with Crippen molar-refractivity contribution >= 4 is 29.3 Å². The number of ketones is 1. The molecule has 9 heteroatoms. The van der Waals surface area contributed by atoms with Gasteiger partial charge >= 0.3 is 5.97 Å². The van der Waals surface area contributed by atoms with E-state index in [9.17, 15) is 19.5 Å². The summed E-state index contributed by atoms with van der Waals surface area (Å²) in [6, 6.07) is 11.0. The van der Waals surface area contributed by atoms with Crippen LogP contribution in [0.1, 0.15) is 47.7 Å². The second-order valence-electron chi connectivity index (χ2n) is 7.16. The summed E-state index contributed by atoms with van der Waals surface area (Å²) < 4.78 is 5.32. The maximum atomic E-state index is 12.5. The van der Waals surface area contributed by atoms with Gasteiger partial charge < -0.3 is 31.2 Å². The minimum Gasteiger partial charge on any atom is -0.546 e. The van der Waals surface area contributed by atoms with Crippen molar-refractivity contribution in [3.05, 3.63) is 64.2 Å². The molecule has 174 valence electrons. The maximum absolute atomic E-state index is 12.5. The summed E-state index contributed by atoms with van der Waals surface area (Å²) >= 11 is 5.81. The molecular weight excluding hydrogens is 436 g/mol. The number of carbonyl (C=O) groups is 3. The van der Waals surface area contributed by atoms with E-state index >= 15 is 0 Å². The van der Waals surface area contributed by atoms with E-state index in [4.69, 9.17) is 27.2 Å². The lowest BCUT2D eigenvalue weighted by atomic mass is 9.98. The minimum absolute atomic E-state index is 0.180. The van der Waals surface area contributed by atoms with Crippen LogP contribution in [0.3, 0.4) is 0 Å². The highest BCUT2D eigenvalue weighted by atomic mass is 35.5. The second kappa shape index (κ2) is 13.5. The van der Waals surface area contributed by atoms with Gasteiger partial charge in [0.05, 0.1) is 5.97 Å². The molecule has 2 rings (SSSR count). The number of halogens is 1. The van der Waals surface area contributed by atoms with Crippen LogP contribution < -0.4 is 21.3 Å². The van der Waals surface area contributed by atoms with Crippen LogP contribution in [0.25, 0.3) is 0 Å². The van der Waals surface area contributed by atoms with E-state index in [0.717, 1.165) is 12.8 Å². The second-order valence-corrected chi connectivity index (χ2v) is 7.60. The Morgan fingerprint density at radius 3 is 2.31 bits per heavy atom. The number of carbonyl (C=O) groups excluding carboxylic acids is 2. The number of aliphatic carboxylic acids is 2. The van der Waals surface area contributed by atoms with Crippen molar-refractivity contribution in [2.24, 2.45) is 5.73 Å². The molecular formula is C23H29ClN2O6. The predicted octanol–water partition coefficient (Wildman–Crippen LogP) is 1.21. The summed E-state index contributed by atoms with van der Waals surface area (Å²) in [5, 5.41) is 19.7. The van der Waals surface area contributed by atoms with Gasteiger partial charge in [0.2, 0.25) is 0 Å². The van der Waals surface area contributed by atoms with Crippen LogP contribution in [0.2, 0.25) is 5.02 Å². The first-order valence-electron chi connectivity index (χ1n) is 10.1. The Labute approximate surface area is 192 Å². The Bertz CT molecular complexity index is 917. The summed E-state index contributed by atoms with van der Waals surface area (Å²) in [6.07, 6.45) is 1.28. The zero-order valence-electron chi connectivity index (χ0n) is 18.2. The Balaban J connectivity index is 0.000000433. The molecule has 0 fully saturated rings. The minimum atomic E-state index is -1.31. The van der Waals surface area contributed by atoms with Gasteiger partial charge in [0.1, 0.15) is 11.9 Å². The lowest BCUT2D eigenvalue weighted by Crippen LogP contribution is -2.64. The van der Waals surface area contributed by atoms with E-state index in [1.165, 1.54) is 6.92 Å². The van der Waals surface area contributed by atoms with E-state index in [0.29, 0.717) is 40.4 Å². The highest BCUT2D eigenvalue weighted by Crippen LogP contribution is 2.25. The van der Waals surface area contributed by atoms with Gasteiger partial charge in [-0.05, 0) is 63.6 Å². The Hall–Kier alpha value is -2.94. The number of nitrogens with two attached hydrogens (primary N) is 1. The molecule has 0 heterocycles. The highest BCUT2D eigenvalue weighted by molar-refractivity contribution is 6.30. The maximum Gasteiger partial charge on any atom is 0.362 e. The highest BCUT2D eigenvalue weighted by Gasteiger charge is 2.16. The smallest absolute Gasteiger partial charge is 0.362 e. The van der Waals surface area contributed by atoms with E-state index in [2.05, 4.69) is 5.73 Å². The van der Waals surface area contributed by atoms with Crippen molar-refractivity contribution in [1.82, 2.24) is 0 Å². The number of hydrogen-bond donors (Lipinski definition) is 3. The average Bonchev–Trinajstić information content (AvgIpc) is 2.75. The van der Waals surface area contributed by atoms with Gasteiger partial charge in [-0.2, -0.15) is 0 Å². The van der Waals surface area contributed by atoms with Gasteiger partial charge in [-0.3, -0.25) is 4.79 Å². The Morgan fingerprint density at radius 1 is 1.16 bits per heavy atom. The largest absolute Gasteiger partial charge is 0.546 e. The van der Waals surface area contributed by atoms with Crippen LogP contribution >= 0.6 is 11.6 Å². The van der Waals surface area contributed by atoms with Crippen molar-refractivity contribution in [1.29, 1.82) is 0 Å². The Morgan fingerprint density at radius 2 is 1.78 bits per heavy atom. The molecule has 6 N–H and O–H groups in total. The number of ether oxygens (including phenoxy) is 1. The molecule has 32 heavy (non-hydrogen) atoms. The predicted molar refractivity (Wildman–Crippen MR) is 118 cm³/mol. The van der Waals surface area contributed by atoms with Crippen molar-refractivity contribution < 1.29 is 35.1 Å². The van der Waals surface area contributed by atoms with Gasteiger partial charge in [0, 0.05) is 28.1 Å². The van der Waals surface area contributed by atoms with Gasteiger partial charge in [-0.25, -0.2) is 4.79 Å². The number of carboxylic acids is 2. The molecule has 0 spiro atoms. The van der Waals surface area contributed by atoms with Crippen molar-refractivity contribution in [3.63, 3.8) is 0 Å². The number of rotatable bonds is 10. The Kier molecular flexibility index (Phi) is 11.4. The molecule has 0 bridgehead atoms. The summed E-state index contributed by atoms with van der Waals surface area (Å²) in [7, 11) is 0. The molecule has 0 aliphatic rings. The van der Waals surface area contributed by atoms with E-state index in [-0.39, 0.29) is 5.78 Å². The number of unbranched alkanes of at least 4 members (excludes halogenated alkanes) is 1. The third kappa shape index (κ3) is 8.66. The third-order valence-corrected chi connectivity index (χ3v) is 4.88. The third-order valence-electron chi connectivity index (χ3n) is 4.63. The van der Waals surface area contributed by atoms with Gasteiger partial charge in [0.25, 0.3) is 0 Å². The standard InChI is InChI=1S/C17H15ClO4.C6H14N2O2/c1-10-14(16(19)12-6-8-13(18)9-7-12)4-3-5-15(10)22-11(2)17(20)21;7-4-2-1-3-5(8)6(9)10/h3-9,11H,1-2H3,(H,20,21);5H,1-4,7-8H2,(H,9,10)/t;5-/m.0/s1. The molecule has 1 unspecified atom stereocenters. The first kappa shape index (κ1) is 27.1. The van der Waals surface area contributed by atoms with Gasteiger partial charge in [-0.15, -0.1) is 0 Å². The SMILES string of the molecule is Cc1c(OC(C)C(=O)[O-])cccc1C(=O)c1ccc(Cl)cc1.NCCCC[C@H]([NH3+])C(=O)O. The zero-order valence-corrected chi connectivity index (χ0v) is 18.9. The lowest BCUT2D eigenvalue weighted by molar-refractivity contribution is -0.409. The van der Waals surface area contributed by atoms with E-state index in [1.54, 1.807) is 49.4 Å². The molecule has 2 aromatic rings. The van der Waals surface area contributed by atoms with Crippen molar-refractivity contribution in [2.45, 2.75) is 45.3 Å². The fraction of sp³-hybridized carbons (Fsp3) is 0.348. The molecule has 0 saturated heterocycles. The summed E-state index contributed by atoms with van der Waals surface area (Å²) in [5.41, 5.74) is 10.2. The topological polar surface area (TPSA) is 157 Å². The molecule has 0 aliphatic carbocycles. The molecule has 2 atom stereocenters. The molecule has 2 aromatic carbocycles. The van der Waals surface area contributed by atoms with Crippen LogP contribution in [-0.2, 0) is 9.59 Å². The fourth-order valence-corrected chi connectivity index (χ4v) is 2.77. The number of carboxylic acid groups (broad SMARTS) is 2. The molecule has 0 aromatic heterocycles. The molecule has 8 nitrogen and oxygen atoms in total. The molecule has 0 aliphatic heterocycles. The average molecular weight is 465 g/mol. The number of hydrogen-bond acceptors (Lipinski definition) is 6. The summed E-state index contributed by atoms with van der Waals surface area (Å²) in [4.78, 5) is 33.5. The number of quaternary nitrogens is 1. The molecule has 0 saturated carbocycles. The quantitative estimate of drug-likeness (QED) is 0.352. The fourth-order valence-electron chi connectivity index (χ4n) is 2.64. The molecule has 0 amide bonds. The van der Waals surface area contributed by atoms with Crippen molar-refractivity contribution in [3.8, 4) is 5.75 Å². The van der Waals surface area contributed by atoms with Crippen LogP contribution in [0.5, 0.6) is 5.75 Å². The first-order valence-corrected chi connectivity index (χ1v) is 10.5. The monoisotopic (exact) mass is 464 g/mol. The normalized spacial score (nSPS) is 12.2. The summed E-state index contributed by atoms with van der Waals surface area (Å²) in [6.45, 7) is 3.72. The van der Waals surface area contributed by atoms with Gasteiger partial charge in [0.15, 0.2) is 11.8 Å². The van der Waals surface area contributed by atoms with E-state index in [1.807, 2.05) is 0 Å². The summed E-state index contributed by atoms with van der Waals surface area (Å²) in [5.74, 6) is -1.97. The lowest BCUT2D eigenvalue weighted by Gasteiger charge is -2.18. The zero-order chi connectivity index (χ0) is 24.3. The van der Waals surface area contributed by atoms with Gasteiger partial charge in [-0.1, -0.05) is 23.7 Å². The number of benzene rings is 2. The van der Waals surface area contributed by atoms with Crippen LogP contribution in [-0.4, -0.2) is 41.5 Å². The van der Waals surface area contributed by atoms with Crippen molar-refractivity contribution in [2.75, 3.05) is 6.54 Å². The molecule has 0 radical (unpaired) electrons. The first-order chi connectivity index (χ1) is 15.1. The van der Waals surface area contributed by atoms with Crippen LogP contribution in [0.4, 0.5) is 0 Å². The van der Waals surface area contributed by atoms with Crippen LogP contribution in [0, 0.1) is 6.92 Å². The van der Waals surface area contributed by atoms with E-state index < -0.39 is 24.1 Å². The van der Waals surface area contributed by atoms with Crippen LogP contribution in [0.15, 0.2) is 42.5 Å².